The van der Waals surface area contributed by atoms with E-state index in [0.29, 0.717) is 16.8 Å². The number of H-pyrrole nitrogens is 1. The number of anilines is 1. The fourth-order valence-electron chi connectivity index (χ4n) is 1.28. The van der Waals surface area contributed by atoms with Crippen LogP contribution in [0.15, 0.2) is 18.2 Å². The Morgan fingerprint density at radius 2 is 2.17 bits per heavy atom. The van der Waals surface area contributed by atoms with Crippen molar-refractivity contribution in [3.05, 3.63) is 35.0 Å². The summed E-state index contributed by atoms with van der Waals surface area (Å²) < 4.78 is 0. The Labute approximate surface area is 109 Å². The summed E-state index contributed by atoms with van der Waals surface area (Å²) in [5, 5.41) is 9.44. The van der Waals surface area contributed by atoms with Crippen molar-refractivity contribution in [2.24, 2.45) is 0 Å². The van der Waals surface area contributed by atoms with E-state index in [1.54, 1.807) is 18.2 Å². The first kappa shape index (κ1) is 12.5. The number of aromatic amines is 1. The lowest BCUT2D eigenvalue weighted by Gasteiger charge is -2.01. The van der Waals surface area contributed by atoms with Gasteiger partial charge in [-0.05, 0) is 12.1 Å². The van der Waals surface area contributed by atoms with Crippen LogP contribution in [0.4, 0.5) is 5.82 Å². The van der Waals surface area contributed by atoms with Crippen LogP contribution in [-0.2, 0) is 0 Å². The molecule has 0 fully saturated rings. The number of nitrogens with one attached hydrogen (secondary N) is 2. The standard InChI is InChI=1S/C11H12ClN5O/c1-6(2)9-15-10(17-16-9)11(18)14-8-5-3-4-7(12)13-8/h3-6H,1-2H3,(H,13,14,18)(H,15,16,17). The summed E-state index contributed by atoms with van der Waals surface area (Å²) in [4.78, 5) is 19.9. The number of nitrogens with zero attached hydrogens (tertiary/aromatic N) is 3. The normalized spacial score (nSPS) is 10.7. The lowest BCUT2D eigenvalue weighted by atomic mass is 10.2. The number of rotatable bonds is 3. The zero-order chi connectivity index (χ0) is 13.1. The highest BCUT2D eigenvalue weighted by Gasteiger charge is 2.14. The predicted octanol–water partition coefficient (Wildman–Crippen LogP) is 2.23. The molecule has 7 heteroatoms. The molecular weight excluding hydrogens is 254 g/mol. The predicted molar refractivity (Wildman–Crippen MR) is 67.7 cm³/mol. The summed E-state index contributed by atoms with van der Waals surface area (Å²) in [6, 6.07) is 4.96. The minimum absolute atomic E-state index is 0.0838. The first-order chi connectivity index (χ1) is 8.56. The van der Waals surface area contributed by atoms with Crippen molar-refractivity contribution in [1.29, 1.82) is 0 Å². The van der Waals surface area contributed by atoms with E-state index in [9.17, 15) is 4.79 Å². The Kier molecular flexibility index (Phi) is 3.57. The molecule has 0 aromatic carbocycles. The molecule has 2 N–H and O–H groups in total. The maximum Gasteiger partial charge on any atom is 0.296 e. The fourth-order valence-corrected chi connectivity index (χ4v) is 1.45. The third kappa shape index (κ3) is 2.84. The maximum atomic E-state index is 11.8. The second-order valence-electron chi connectivity index (χ2n) is 4.00. The van der Waals surface area contributed by atoms with E-state index in [0.717, 1.165) is 0 Å². The summed E-state index contributed by atoms with van der Waals surface area (Å²) in [5.41, 5.74) is 0. The molecule has 0 bridgehead atoms. The van der Waals surface area contributed by atoms with Gasteiger partial charge in [-0.1, -0.05) is 31.5 Å². The quantitative estimate of drug-likeness (QED) is 0.834. The Hall–Kier alpha value is -1.95. The Morgan fingerprint density at radius 1 is 1.39 bits per heavy atom. The van der Waals surface area contributed by atoms with Gasteiger partial charge in [0.2, 0.25) is 5.82 Å². The number of hydrogen-bond acceptors (Lipinski definition) is 4. The molecule has 0 radical (unpaired) electrons. The first-order valence-electron chi connectivity index (χ1n) is 5.42. The van der Waals surface area contributed by atoms with Gasteiger partial charge in [-0.15, -0.1) is 5.10 Å². The van der Waals surface area contributed by atoms with Crippen LogP contribution < -0.4 is 5.32 Å². The van der Waals surface area contributed by atoms with Gasteiger partial charge in [0.1, 0.15) is 16.8 Å². The first-order valence-corrected chi connectivity index (χ1v) is 5.80. The largest absolute Gasteiger partial charge is 0.304 e. The minimum Gasteiger partial charge on any atom is -0.304 e. The zero-order valence-electron chi connectivity index (χ0n) is 9.94. The topological polar surface area (TPSA) is 83.6 Å². The Balaban J connectivity index is 2.12. The SMILES string of the molecule is CC(C)c1nc(C(=O)Nc2cccc(Cl)n2)n[nH]1. The number of carbonyl (C=O) groups is 1. The number of hydrogen-bond donors (Lipinski definition) is 2. The minimum atomic E-state index is -0.423. The Morgan fingerprint density at radius 3 is 2.78 bits per heavy atom. The highest BCUT2D eigenvalue weighted by Crippen LogP contribution is 2.11. The number of pyridine rings is 1. The number of amides is 1. The molecule has 0 aliphatic carbocycles. The van der Waals surface area contributed by atoms with Gasteiger partial charge in [0.25, 0.3) is 5.91 Å². The van der Waals surface area contributed by atoms with Crippen LogP contribution in [0, 0.1) is 0 Å². The molecule has 2 aromatic heterocycles. The monoisotopic (exact) mass is 265 g/mol. The number of halogens is 1. The van der Waals surface area contributed by atoms with Crippen LogP contribution >= 0.6 is 11.6 Å². The molecule has 0 spiro atoms. The van der Waals surface area contributed by atoms with E-state index in [-0.39, 0.29) is 11.7 Å². The maximum absolute atomic E-state index is 11.8. The van der Waals surface area contributed by atoms with Crippen molar-refractivity contribution in [2.45, 2.75) is 19.8 Å². The molecular formula is C11H12ClN5O. The second kappa shape index (κ2) is 5.14. The molecule has 2 rings (SSSR count). The van der Waals surface area contributed by atoms with E-state index in [4.69, 9.17) is 11.6 Å². The highest BCUT2D eigenvalue weighted by atomic mass is 35.5. The second-order valence-corrected chi connectivity index (χ2v) is 4.39. The lowest BCUT2D eigenvalue weighted by molar-refractivity contribution is 0.101. The third-order valence-corrected chi connectivity index (χ3v) is 2.42. The zero-order valence-corrected chi connectivity index (χ0v) is 10.7. The molecule has 1 amide bonds. The molecule has 2 aromatic rings. The summed E-state index contributed by atoms with van der Waals surface area (Å²) in [5.74, 6) is 0.874. The van der Waals surface area contributed by atoms with E-state index in [2.05, 4.69) is 25.5 Å². The van der Waals surface area contributed by atoms with Gasteiger partial charge in [-0.2, -0.15) is 0 Å². The van der Waals surface area contributed by atoms with Gasteiger partial charge in [0.15, 0.2) is 0 Å². The summed E-state index contributed by atoms with van der Waals surface area (Å²) in [6.45, 7) is 3.92. The van der Waals surface area contributed by atoms with E-state index in [1.165, 1.54) is 0 Å². The van der Waals surface area contributed by atoms with Crippen LogP contribution in [-0.4, -0.2) is 26.1 Å². The van der Waals surface area contributed by atoms with Crippen LogP contribution in [0.2, 0.25) is 5.15 Å². The van der Waals surface area contributed by atoms with E-state index in [1.807, 2.05) is 13.8 Å². The summed E-state index contributed by atoms with van der Waals surface area (Å²) in [7, 11) is 0. The van der Waals surface area contributed by atoms with E-state index < -0.39 is 5.91 Å². The lowest BCUT2D eigenvalue weighted by Crippen LogP contribution is -2.14. The van der Waals surface area contributed by atoms with Gasteiger partial charge in [-0.3, -0.25) is 9.89 Å². The molecule has 0 aliphatic rings. The smallest absolute Gasteiger partial charge is 0.296 e. The molecule has 0 saturated carbocycles. The molecule has 0 aliphatic heterocycles. The number of carbonyl (C=O) groups excluding carboxylic acids is 1. The van der Waals surface area contributed by atoms with Crippen LogP contribution in [0.1, 0.15) is 36.2 Å². The van der Waals surface area contributed by atoms with E-state index >= 15 is 0 Å². The summed E-state index contributed by atoms with van der Waals surface area (Å²) in [6.07, 6.45) is 0. The van der Waals surface area contributed by atoms with Gasteiger partial charge in [0.05, 0.1) is 0 Å². The highest BCUT2D eigenvalue weighted by molar-refractivity contribution is 6.29. The number of aromatic nitrogens is 4. The van der Waals surface area contributed by atoms with Crippen molar-refractivity contribution in [2.75, 3.05) is 5.32 Å². The average molecular weight is 266 g/mol. The molecule has 0 saturated heterocycles. The summed E-state index contributed by atoms with van der Waals surface area (Å²) >= 11 is 5.72. The molecule has 94 valence electrons. The van der Waals surface area contributed by atoms with Crippen molar-refractivity contribution >= 4 is 23.3 Å². The molecule has 18 heavy (non-hydrogen) atoms. The Bertz CT molecular complexity index is 566. The van der Waals surface area contributed by atoms with Crippen molar-refractivity contribution in [3.63, 3.8) is 0 Å². The third-order valence-electron chi connectivity index (χ3n) is 2.21. The molecule has 6 nitrogen and oxygen atoms in total. The van der Waals surface area contributed by atoms with Gasteiger partial charge in [-0.25, -0.2) is 9.97 Å². The molecule has 0 atom stereocenters. The molecule has 2 heterocycles. The van der Waals surface area contributed by atoms with Crippen LogP contribution in [0.3, 0.4) is 0 Å². The van der Waals surface area contributed by atoms with Gasteiger partial charge >= 0.3 is 0 Å². The van der Waals surface area contributed by atoms with Crippen molar-refractivity contribution in [3.8, 4) is 0 Å². The van der Waals surface area contributed by atoms with Crippen LogP contribution in [0.25, 0.3) is 0 Å². The van der Waals surface area contributed by atoms with Gasteiger partial charge < -0.3 is 5.32 Å². The molecule has 0 unspecified atom stereocenters. The average Bonchev–Trinajstić information content (AvgIpc) is 2.78. The van der Waals surface area contributed by atoms with Crippen molar-refractivity contribution < 1.29 is 4.79 Å². The van der Waals surface area contributed by atoms with Crippen LogP contribution in [0.5, 0.6) is 0 Å². The fraction of sp³-hybridized carbons (Fsp3) is 0.273. The van der Waals surface area contributed by atoms with Gasteiger partial charge in [0, 0.05) is 5.92 Å². The van der Waals surface area contributed by atoms with Crippen molar-refractivity contribution in [1.82, 2.24) is 20.2 Å².